The highest BCUT2D eigenvalue weighted by Crippen LogP contribution is 2.10. The molecule has 0 radical (unpaired) electrons. The van der Waals surface area contributed by atoms with Crippen LogP contribution in [-0.4, -0.2) is 15.6 Å². The van der Waals surface area contributed by atoms with Crippen molar-refractivity contribution in [1.82, 2.24) is 9.78 Å². The molecule has 94 valence electrons. The van der Waals surface area contributed by atoms with Crippen LogP contribution in [0, 0.1) is 13.8 Å². The minimum atomic E-state index is 0.207. The average molecular weight is 242 g/mol. The Morgan fingerprint density at radius 3 is 2.39 bits per heavy atom. The van der Waals surface area contributed by atoms with Gasteiger partial charge in [0, 0.05) is 19.7 Å². The summed E-state index contributed by atoms with van der Waals surface area (Å²) in [7, 11) is 1.86. The number of hydrogen-bond acceptors (Lipinski definition) is 2. The van der Waals surface area contributed by atoms with E-state index in [2.05, 4.69) is 37.1 Å². The zero-order chi connectivity index (χ0) is 13.1. The fraction of sp³-hybridized carbons (Fsp3) is 0.333. The molecule has 0 bridgehead atoms. The number of carbonyl (C=O) groups excluding carboxylic acids is 1. The van der Waals surface area contributed by atoms with E-state index < -0.39 is 0 Å². The lowest BCUT2D eigenvalue weighted by atomic mass is 10.0. The first-order valence-corrected chi connectivity index (χ1v) is 6.10. The molecule has 1 heterocycles. The van der Waals surface area contributed by atoms with Crippen molar-refractivity contribution in [2.45, 2.75) is 26.7 Å². The summed E-state index contributed by atoms with van der Waals surface area (Å²) in [6, 6.07) is 8.15. The van der Waals surface area contributed by atoms with E-state index in [0.29, 0.717) is 12.8 Å². The van der Waals surface area contributed by atoms with Crippen LogP contribution >= 0.6 is 0 Å². The summed E-state index contributed by atoms with van der Waals surface area (Å²) in [4.78, 5) is 12.0. The van der Waals surface area contributed by atoms with E-state index in [1.54, 1.807) is 4.68 Å². The van der Waals surface area contributed by atoms with E-state index >= 15 is 0 Å². The molecular formula is C15H18N2O. The Labute approximate surface area is 107 Å². The normalized spacial score (nSPS) is 10.6. The van der Waals surface area contributed by atoms with Crippen LogP contribution < -0.4 is 0 Å². The lowest BCUT2D eigenvalue weighted by Crippen LogP contribution is -2.07. The van der Waals surface area contributed by atoms with E-state index in [0.717, 1.165) is 11.3 Å². The Hall–Kier alpha value is -1.90. The quantitative estimate of drug-likeness (QED) is 0.825. The molecule has 3 heteroatoms. The Balaban J connectivity index is 2.02. The molecule has 0 aliphatic carbocycles. The molecule has 2 rings (SSSR count). The highest BCUT2D eigenvalue weighted by Gasteiger charge is 2.08. The largest absolute Gasteiger partial charge is 0.299 e. The lowest BCUT2D eigenvalue weighted by molar-refractivity contribution is -0.117. The van der Waals surface area contributed by atoms with Gasteiger partial charge in [-0.3, -0.25) is 9.48 Å². The van der Waals surface area contributed by atoms with E-state index in [1.165, 1.54) is 11.1 Å². The Morgan fingerprint density at radius 2 is 1.83 bits per heavy atom. The number of Topliss-reactive ketones (excluding diaryl/α,β-unsaturated/α-hetero) is 1. The van der Waals surface area contributed by atoms with Gasteiger partial charge in [0.15, 0.2) is 0 Å². The van der Waals surface area contributed by atoms with Crippen molar-refractivity contribution in [3.63, 3.8) is 0 Å². The molecule has 0 unspecified atom stereocenters. The maximum Gasteiger partial charge on any atom is 0.143 e. The topological polar surface area (TPSA) is 34.9 Å². The number of ketones is 1. The third-order valence-corrected chi connectivity index (χ3v) is 2.83. The van der Waals surface area contributed by atoms with Gasteiger partial charge in [-0.25, -0.2) is 0 Å². The third-order valence-electron chi connectivity index (χ3n) is 2.83. The minimum Gasteiger partial charge on any atom is -0.299 e. The van der Waals surface area contributed by atoms with Crippen molar-refractivity contribution in [2.24, 2.45) is 7.05 Å². The first-order chi connectivity index (χ1) is 8.52. The molecule has 1 aromatic heterocycles. The minimum absolute atomic E-state index is 0.207. The Bertz CT molecular complexity index is 549. The molecule has 3 nitrogen and oxygen atoms in total. The first-order valence-electron chi connectivity index (χ1n) is 6.10. The smallest absolute Gasteiger partial charge is 0.143 e. The highest BCUT2D eigenvalue weighted by molar-refractivity contribution is 5.82. The van der Waals surface area contributed by atoms with E-state index in [1.807, 2.05) is 19.3 Å². The summed E-state index contributed by atoms with van der Waals surface area (Å²) in [6.07, 6.45) is 2.76. The van der Waals surface area contributed by atoms with Crippen LogP contribution in [0.4, 0.5) is 0 Å². The van der Waals surface area contributed by atoms with Crippen LogP contribution in [0.15, 0.2) is 30.5 Å². The third kappa shape index (κ3) is 3.29. The molecule has 0 atom stereocenters. The van der Waals surface area contributed by atoms with Crippen molar-refractivity contribution in [3.8, 4) is 0 Å². The van der Waals surface area contributed by atoms with Crippen molar-refractivity contribution >= 4 is 5.78 Å². The van der Waals surface area contributed by atoms with Gasteiger partial charge in [-0.2, -0.15) is 5.10 Å². The van der Waals surface area contributed by atoms with Gasteiger partial charge in [0.1, 0.15) is 5.78 Å². The summed E-state index contributed by atoms with van der Waals surface area (Å²) >= 11 is 0. The number of carbonyl (C=O) groups is 1. The summed E-state index contributed by atoms with van der Waals surface area (Å²) in [5.41, 5.74) is 4.34. The fourth-order valence-electron chi connectivity index (χ4n) is 2.22. The number of hydrogen-bond donors (Lipinski definition) is 0. The number of benzene rings is 1. The number of rotatable bonds is 4. The average Bonchev–Trinajstić information content (AvgIpc) is 2.61. The molecule has 0 aliphatic rings. The Morgan fingerprint density at radius 1 is 1.17 bits per heavy atom. The molecule has 18 heavy (non-hydrogen) atoms. The second-order valence-electron chi connectivity index (χ2n) is 4.87. The summed E-state index contributed by atoms with van der Waals surface area (Å²) < 4.78 is 1.72. The van der Waals surface area contributed by atoms with E-state index in [-0.39, 0.29) is 5.78 Å². The molecule has 0 aliphatic heterocycles. The maximum atomic E-state index is 12.0. The monoisotopic (exact) mass is 242 g/mol. The molecular weight excluding hydrogens is 224 g/mol. The molecule has 0 N–H and O–H groups in total. The molecule has 0 amide bonds. The first kappa shape index (κ1) is 12.6. The van der Waals surface area contributed by atoms with Gasteiger partial charge < -0.3 is 0 Å². The highest BCUT2D eigenvalue weighted by atomic mass is 16.1. The van der Waals surface area contributed by atoms with Gasteiger partial charge >= 0.3 is 0 Å². The molecule has 0 spiro atoms. The number of nitrogens with zero attached hydrogens (tertiary/aromatic N) is 2. The number of aryl methyl sites for hydroxylation is 3. The maximum absolute atomic E-state index is 12.0. The van der Waals surface area contributed by atoms with Crippen molar-refractivity contribution < 1.29 is 4.79 Å². The van der Waals surface area contributed by atoms with Crippen LogP contribution in [0.2, 0.25) is 0 Å². The van der Waals surface area contributed by atoms with Gasteiger partial charge in [-0.15, -0.1) is 0 Å². The standard InChI is InChI=1S/C15H18N2O/c1-11-6-12(2)8-13(7-11)9-15(18)10-14-4-5-17(3)16-14/h4-8H,9-10H2,1-3H3. The molecule has 0 saturated heterocycles. The molecule has 0 fully saturated rings. The van der Waals surface area contributed by atoms with Crippen LogP contribution in [0.3, 0.4) is 0 Å². The fourth-order valence-corrected chi connectivity index (χ4v) is 2.22. The Kier molecular flexibility index (Phi) is 3.60. The van der Waals surface area contributed by atoms with Crippen LogP contribution in [0.25, 0.3) is 0 Å². The van der Waals surface area contributed by atoms with Gasteiger partial charge in [-0.1, -0.05) is 29.3 Å². The SMILES string of the molecule is Cc1cc(C)cc(CC(=O)Cc2ccn(C)n2)c1. The van der Waals surface area contributed by atoms with Crippen molar-refractivity contribution in [2.75, 3.05) is 0 Å². The van der Waals surface area contributed by atoms with E-state index in [4.69, 9.17) is 0 Å². The summed E-state index contributed by atoms with van der Waals surface area (Å²) in [5.74, 6) is 0.207. The summed E-state index contributed by atoms with van der Waals surface area (Å²) in [6.45, 7) is 4.11. The zero-order valence-electron chi connectivity index (χ0n) is 11.1. The van der Waals surface area contributed by atoms with Crippen LogP contribution in [0.5, 0.6) is 0 Å². The van der Waals surface area contributed by atoms with Crippen molar-refractivity contribution in [3.05, 3.63) is 52.8 Å². The number of aromatic nitrogens is 2. The summed E-state index contributed by atoms with van der Waals surface area (Å²) in [5, 5.41) is 4.22. The molecule has 2 aromatic rings. The van der Waals surface area contributed by atoms with Gasteiger partial charge in [0.2, 0.25) is 0 Å². The molecule has 0 saturated carbocycles. The van der Waals surface area contributed by atoms with Crippen molar-refractivity contribution in [1.29, 1.82) is 0 Å². The van der Waals surface area contributed by atoms with E-state index in [9.17, 15) is 4.79 Å². The molecule has 1 aromatic carbocycles. The van der Waals surface area contributed by atoms with Crippen LogP contribution in [-0.2, 0) is 24.7 Å². The predicted octanol–water partition coefficient (Wildman–Crippen LogP) is 2.39. The zero-order valence-corrected chi connectivity index (χ0v) is 11.1. The lowest BCUT2D eigenvalue weighted by Gasteiger charge is -2.04. The second kappa shape index (κ2) is 5.17. The second-order valence-corrected chi connectivity index (χ2v) is 4.87. The van der Waals surface area contributed by atoms with Crippen LogP contribution in [0.1, 0.15) is 22.4 Å². The van der Waals surface area contributed by atoms with Gasteiger partial charge in [-0.05, 0) is 25.5 Å². The predicted molar refractivity (Wildman–Crippen MR) is 71.5 cm³/mol. The van der Waals surface area contributed by atoms with Gasteiger partial charge in [0.05, 0.1) is 12.1 Å². The van der Waals surface area contributed by atoms with Gasteiger partial charge in [0.25, 0.3) is 0 Å².